The number of carbonyl (C=O) groups is 3. The molecule has 2 heterocycles. The Balaban J connectivity index is 1.75. The van der Waals surface area contributed by atoms with Crippen LogP contribution < -0.4 is 20.1 Å². The molecular weight excluding hydrogens is 354 g/mol. The summed E-state index contributed by atoms with van der Waals surface area (Å²) in [7, 11) is 1.53. The van der Waals surface area contributed by atoms with Gasteiger partial charge in [0.25, 0.3) is 5.91 Å². The molecule has 0 radical (unpaired) electrons. The number of carbonyl (C=O) groups excluding carboxylic acids is 3. The second-order valence-corrected chi connectivity index (χ2v) is 6.73. The number of hydrogen-bond donors (Lipinski definition) is 2. The Morgan fingerprint density at radius 1 is 1.33 bits per heavy atom. The summed E-state index contributed by atoms with van der Waals surface area (Å²) in [6, 6.07) is 4.24. The maximum Gasteiger partial charge on any atom is 0.325 e. The van der Waals surface area contributed by atoms with Gasteiger partial charge in [-0.1, -0.05) is 6.07 Å². The number of nitrogens with one attached hydrogen (secondary N) is 2. The Labute approximate surface area is 156 Å². The summed E-state index contributed by atoms with van der Waals surface area (Å²) in [6.45, 7) is 4.22. The molecule has 3 rings (SSSR count). The van der Waals surface area contributed by atoms with Crippen LogP contribution in [0.25, 0.3) is 0 Å². The van der Waals surface area contributed by atoms with Gasteiger partial charge in [0.1, 0.15) is 25.3 Å². The van der Waals surface area contributed by atoms with Gasteiger partial charge in [0.15, 0.2) is 11.5 Å². The van der Waals surface area contributed by atoms with Crippen molar-refractivity contribution in [3.63, 3.8) is 0 Å². The largest absolute Gasteiger partial charge is 0.486 e. The molecule has 1 aromatic rings. The lowest BCUT2D eigenvalue weighted by atomic mass is 9.91. The van der Waals surface area contributed by atoms with Crippen molar-refractivity contribution in [2.45, 2.75) is 25.4 Å². The number of rotatable bonds is 6. The summed E-state index contributed by atoms with van der Waals surface area (Å²) in [5.74, 6) is 0.175. The van der Waals surface area contributed by atoms with Gasteiger partial charge in [0.05, 0.1) is 6.61 Å². The van der Waals surface area contributed by atoms with Crippen LogP contribution >= 0.6 is 0 Å². The predicted octanol–water partition coefficient (Wildman–Crippen LogP) is 0.376. The topological polar surface area (TPSA) is 106 Å². The maximum absolute atomic E-state index is 12.9. The van der Waals surface area contributed by atoms with E-state index in [4.69, 9.17) is 14.2 Å². The lowest BCUT2D eigenvalue weighted by Gasteiger charge is -2.25. The number of methoxy groups -OCH3 is 1. The van der Waals surface area contributed by atoms with E-state index in [1.54, 1.807) is 32.0 Å². The van der Waals surface area contributed by atoms with E-state index in [1.807, 2.05) is 0 Å². The highest BCUT2D eigenvalue weighted by molar-refractivity contribution is 6.09. The molecule has 2 aliphatic heterocycles. The highest BCUT2D eigenvalue weighted by Gasteiger charge is 2.49. The van der Waals surface area contributed by atoms with Crippen LogP contribution in [-0.2, 0) is 19.9 Å². The molecule has 0 aliphatic carbocycles. The van der Waals surface area contributed by atoms with Crippen LogP contribution in [0.3, 0.4) is 0 Å². The van der Waals surface area contributed by atoms with E-state index in [2.05, 4.69) is 10.6 Å². The fraction of sp³-hybridized carbons (Fsp3) is 0.500. The Hall–Kier alpha value is -2.81. The summed E-state index contributed by atoms with van der Waals surface area (Å²) in [5.41, 5.74) is -0.730. The van der Waals surface area contributed by atoms with E-state index < -0.39 is 23.4 Å². The molecule has 2 N–H and O–H groups in total. The van der Waals surface area contributed by atoms with E-state index >= 15 is 0 Å². The zero-order valence-electron chi connectivity index (χ0n) is 15.5. The normalized spacial score (nSPS) is 22.4. The van der Waals surface area contributed by atoms with Crippen molar-refractivity contribution in [3.05, 3.63) is 23.8 Å². The molecule has 2 atom stereocenters. The van der Waals surface area contributed by atoms with Crippen molar-refractivity contribution in [3.8, 4) is 11.5 Å². The molecule has 4 amide bonds. The zero-order valence-corrected chi connectivity index (χ0v) is 15.5. The molecule has 146 valence electrons. The van der Waals surface area contributed by atoms with Crippen molar-refractivity contribution in [1.29, 1.82) is 0 Å². The maximum atomic E-state index is 12.9. The Morgan fingerprint density at radius 3 is 2.74 bits per heavy atom. The predicted molar refractivity (Wildman–Crippen MR) is 94.5 cm³/mol. The van der Waals surface area contributed by atoms with Gasteiger partial charge in [-0.15, -0.1) is 0 Å². The van der Waals surface area contributed by atoms with Gasteiger partial charge in [0, 0.05) is 13.2 Å². The van der Waals surface area contributed by atoms with Crippen molar-refractivity contribution >= 4 is 17.8 Å². The van der Waals surface area contributed by atoms with Crippen LogP contribution in [0.15, 0.2) is 18.2 Å². The minimum atomic E-state index is -1.29. The molecule has 0 aromatic heterocycles. The van der Waals surface area contributed by atoms with Crippen molar-refractivity contribution in [2.24, 2.45) is 0 Å². The van der Waals surface area contributed by atoms with Crippen molar-refractivity contribution < 1.29 is 28.6 Å². The number of nitrogens with zero attached hydrogens (tertiary/aromatic N) is 1. The highest BCUT2D eigenvalue weighted by atomic mass is 16.6. The van der Waals surface area contributed by atoms with E-state index in [9.17, 15) is 14.4 Å². The van der Waals surface area contributed by atoms with Crippen LogP contribution in [0, 0.1) is 0 Å². The van der Waals surface area contributed by atoms with Gasteiger partial charge in [-0.2, -0.15) is 0 Å². The second kappa shape index (κ2) is 7.43. The second-order valence-electron chi connectivity index (χ2n) is 6.73. The first kappa shape index (κ1) is 19.0. The molecule has 0 saturated carbocycles. The van der Waals surface area contributed by atoms with Crippen LogP contribution in [0.1, 0.15) is 19.4 Å². The number of amides is 4. The minimum Gasteiger partial charge on any atom is -0.486 e. The lowest BCUT2D eigenvalue weighted by molar-refractivity contribution is -0.135. The summed E-state index contributed by atoms with van der Waals surface area (Å²) >= 11 is 0. The van der Waals surface area contributed by atoms with Crippen LogP contribution in [0.5, 0.6) is 11.5 Å². The third kappa shape index (κ3) is 3.68. The molecule has 2 aliphatic rings. The molecular formula is C18H23N3O6. The van der Waals surface area contributed by atoms with Gasteiger partial charge >= 0.3 is 6.03 Å². The number of imide groups is 1. The first-order valence-corrected chi connectivity index (χ1v) is 8.67. The lowest BCUT2D eigenvalue weighted by Crippen LogP contribution is -2.45. The van der Waals surface area contributed by atoms with Crippen LogP contribution in [0.2, 0.25) is 0 Å². The fourth-order valence-electron chi connectivity index (χ4n) is 3.15. The molecule has 1 fully saturated rings. The van der Waals surface area contributed by atoms with E-state index in [0.29, 0.717) is 36.9 Å². The zero-order chi connectivity index (χ0) is 19.6. The Bertz CT molecular complexity index is 767. The summed E-state index contributed by atoms with van der Waals surface area (Å²) < 4.78 is 16.0. The Kier molecular flexibility index (Phi) is 5.22. The van der Waals surface area contributed by atoms with E-state index in [-0.39, 0.29) is 12.6 Å². The molecule has 1 aromatic carbocycles. The summed E-state index contributed by atoms with van der Waals surface area (Å²) in [6.07, 6.45) is 0. The first-order chi connectivity index (χ1) is 12.8. The first-order valence-electron chi connectivity index (χ1n) is 8.67. The third-order valence-electron chi connectivity index (χ3n) is 4.52. The highest BCUT2D eigenvalue weighted by Crippen LogP contribution is 2.36. The SMILES string of the molecule is COC[C@@H](C)NC(=O)CN1C(=O)N[C@@](C)(c2ccc3c(c2)OCCO3)C1=O. The molecule has 1 saturated heterocycles. The standard InChI is InChI=1S/C18H23N3O6/c1-11(10-25-3)19-15(22)9-21-16(23)18(2,20-17(21)24)12-4-5-13-14(8-12)27-7-6-26-13/h4-5,8,11H,6-7,9-10H2,1-3H3,(H,19,22)(H,20,24)/t11-,18+/m1/s1. The van der Waals surface area contributed by atoms with Crippen LogP contribution in [-0.4, -0.2) is 62.3 Å². The molecule has 0 unspecified atom stereocenters. The Morgan fingerprint density at radius 2 is 2.04 bits per heavy atom. The number of ether oxygens (including phenoxy) is 3. The number of fused-ring (bicyclic) bond motifs is 1. The average Bonchev–Trinajstić information content (AvgIpc) is 2.85. The van der Waals surface area contributed by atoms with E-state index in [1.165, 1.54) is 7.11 Å². The van der Waals surface area contributed by atoms with Gasteiger partial charge in [-0.3, -0.25) is 14.5 Å². The molecule has 0 spiro atoms. The molecule has 0 bridgehead atoms. The average molecular weight is 377 g/mol. The van der Waals surface area contributed by atoms with Crippen molar-refractivity contribution in [2.75, 3.05) is 33.5 Å². The van der Waals surface area contributed by atoms with Gasteiger partial charge in [-0.05, 0) is 31.5 Å². The smallest absolute Gasteiger partial charge is 0.325 e. The summed E-state index contributed by atoms with van der Waals surface area (Å²) in [4.78, 5) is 38.3. The fourth-order valence-corrected chi connectivity index (χ4v) is 3.15. The molecule has 9 heteroatoms. The van der Waals surface area contributed by atoms with E-state index in [0.717, 1.165) is 4.90 Å². The third-order valence-corrected chi connectivity index (χ3v) is 4.52. The molecule has 27 heavy (non-hydrogen) atoms. The molecule has 9 nitrogen and oxygen atoms in total. The summed E-state index contributed by atoms with van der Waals surface area (Å²) in [5, 5.41) is 5.36. The minimum absolute atomic E-state index is 0.229. The van der Waals surface area contributed by atoms with Crippen LogP contribution in [0.4, 0.5) is 4.79 Å². The van der Waals surface area contributed by atoms with Crippen molar-refractivity contribution in [1.82, 2.24) is 15.5 Å². The van der Waals surface area contributed by atoms with Gasteiger partial charge in [-0.25, -0.2) is 4.79 Å². The van der Waals surface area contributed by atoms with Gasteiger partial charge < -0.3 is 24.8 Å². The van der Waals surface area contributed by atoms with Gasteiger partial charge in [0.2, 0.25) is 5.91 Å². The quantitative estimate of drug-likeness (QED) is 0.694. The number of benzene rings is 1. The number of urea groups is 1. The monoisotopic (exact) mass is 377 g/mol. The number of hydrogen-bond acceptors (Lipinski definition) is 6.